The summed E-state index contributed by atoms with van der Waals surface area (Å²) in [7, 11) is 2.04. The number of benzene rings is 1. The third-order valence-electron chi connectivity index (χ3n) is 2.48. The van der Waals surface area contributed by atoms with E-state index in [4.69, 9.17) is 5.73 Å². The lowest BCUT2D eigenvalue weighted by Crippen LogP contribution is -2.19. The van der Waals surface area contributed by atoms with E-state index in [1.165, 1.54) is 5.56 Å². The van der Waals surface area contributed by atoms with Gasteiger partial charge in [-0.25, -0.2) is 9.97 Å². The molecule has 1 heterocycles. The number of aromatic nitrogens is 2. The molecule has 0 unspecified atom stereocenters. The maximum Gasteiger partial charge on any atom is 0.144 e. The quantitative estimate of drug-likeness (QED) is 0.942. The first-order valence-electron chi connectivity index (χ1n) is 5.64. The molecule has 0 atom stereocenters. The van der Waals surface area contributed by atoms with E-state index >= 15 is 0 Å². The smallest absolute Gasteiger partial charge is 0.144 e. The van der Waals surface area contributed by atoms with Crippen LogP contribution in [0.25, 0.3) is 0 Å². The van der Waals surface area contributed by atoms with E-state index in [1.54, 1.807) is 12.3 Å². The van der Waals surface area contributed by atoms with Gasteiger partial charge in [0, 0.05) is 17.2 Å². The van der Waals surface area contributed by atoms with Crippen LogP contribution in [0.15, 0.2) is 41.0 Å². The summed E-state index contributed by atoms with van der Waals surface area (Å²) in [6.07, 6.45) is 1.69. The van der Waals surface area contributed by atoms with Crippen molar-refractivity contribution >= 4 is 21.7 Å². The summed E-state index contributed by atoms with van der Waals surface area (Å²) in [5.41, 5.74) is 6.88. The van der Waals surface area contributed by atoms with Crippen LogP contribution in [-0.2, 0) is 13.1 Å². The fraction of sp³-hybridized carbons (Fsp3) is 0.231. The van der Waals surface area contributed by atoms with Crippen LogP contribution in [0.3, 0.4) is 0 Å². The van der Waals surface area contributed by atoms with Crippen molar-refractivity contribution in [3.8, 4) is 0 Å². The molecule has 5 heteroatoms. The normalized spacial score (nSPS) is 10.8. The van der Waals surface area contributed by atoms with Crippen LogP contribution in [-0.4, -0.2) is 21.9 Å². The summed E-state index contributed by atoms with van der Waals surface area (Å²) < 4.78 is 1.09. The number of halogens is 1. The van der Waals surface area contributed by atoms with Crippen molar-refractivity contribution in [2.75, 3.05) is 12.8 Å². The molecule has 0 spiro atoms. The molecule has 18 heavy (non-hydrogen) atoms. The first-order chi connectivity index (χ1) is 8.63. The summed E-state index contributed by atoms with van der Waals surface area (Å²) in [5.74, 6) is 1.25. The monoisotopic (exact) mass is 306 g/mol. The molecule has 0 saturated heterocycles. The zero-order valence-electron chi connectivity index (χ0n) is 10.2. The van der Waals surface area contributed by atoms with Gasteiger partial charge < -0.3 is 5.73 Å². The molecule has 4 nitrogen and oxygen atoms in total. The zero-order valence-corrected chi connectivity index (χ0v) is 11.8. The van der Waals surface area contributed by atoms with Crippen molar-refractivity contribution in [1.29, 1.82) is 0 Å². The van der Waals surface area contributed by atoms with Gasteiger partial charge in [0.05, 0.1) is 6.54 Å². The predicted molar refractivity (Wildman–Crippen MR) is 75.8 cm³/mol. The summed E-state index contributed by atoms with van der Waals surface area (Å²) in [4.78, 5) is 10.5. The second-order valence-corrected chi connectivity index (χ2v) is 5.12. The van der Waals surface area contributed by atoms with Crippen LogP contribution in [0.4, 0.5) is 5.82 Å². The molecule has 0 bridgehead atoms. The Morgan fingerprint density at radius 1 is 1.28 bits per heavy atom. The molecule has 0 radical (unpaired) electrons. The van der Waals surface area contributed by atoms with E-state index < -0.39 is 0 Å². The molecular weight excluding hydrogens is 292 g/mol. The fourth-order valence-electron chi connectivity index (χ4n) is 1.74. The molecule has 2 N–H and O–H groups in total. The Morgan fingerprint density at radius 2 is 2.11 bits per heavy atom. The average Bonchev–Trinajstić information content (AvgIpc) is 2.28. The first kappa shape index (κ1) is 13.0. The first-order valence-corrected chi connectivity index (χ1v) is 6.43. The number of hydrogen-bond acceptors (Lipinski definition) is 4. The van der Waals surface area contributed by atoms with Gasteiger partial charge >= 0.3 is 0 Å². The minimum atomic E-state index is 0.510. The van der Waals surface area contributed by atoms with Gasteiger partial charge in [0.2, 0.25) is 0 Å². The molecule has 94 valence electrons. The molecule has 2 aromatic rings. The Hall–Kier alpha value is -1.46. The molecule has 0 aliphatic rings. The molecule has 0 aliphatic carbocycles. The van der Waals surface area contributed by atoms with Gasteiger partial charge in [-0.05, 0) is 30.8 Å². The largest absolute Gasteiger partial charge is 0.384 e. The number of hydrogen-bond donors (Lipinski definition) is 1. The standard InChI is InChI=1S/C13H15BrN4/c1-18(8-10-3-2-4-11(14)7-10)9-13-16-6-5-12(15)17-13/h2-7H,8-9H2,1H3,(H2,15,16,17). The lowest BCUT2D eigenvalue weighted by molar-refractivity contribution is 0.310. The van der Waals surface area contributed by atoms with Crippen LogP contribution in [0.1, 0.15) is 11.4 Å². The van der Waals surface area contributed by atoms with Crippen molar-refractivity contribution < 1.29 is 0 Å². The van der Waals surface area contributed by atoms with Crippen LogP contribution in [0.5, 0.6) is 0 Å². The third-order valence-corrected chi connectivity index (χ3v) is 2.97. The van der Waals surface area contributed by atoms with Gasteiger partial charge in [0.15, 0.2) is 0 Å². The van der Waals surface area contributed by atoms with Crippen molar-refractivity contribution in [1.82, 2.24) is 14.9 Å². The average molecular weight is 307 g/mol. The number of nitrogens with two attached hydrogens (primary N) is 1. The van der Waals surface area contributed by atoms with Gasteiger partial charge in [0.25, 0.3) is 0 Å². The topological polar surface area (TPSA) is 55.0 Å². The number of nitrogens with zero attached hydrogens (tertiary/aromatic N) is 3. The highest BCUT2D eigenvalue weighted by Crippen LogP contribution is 2.13. The van der Waals surface area contributed by atoms with Gasteiger partial charge in [-0.3, -0.25) is 4.90 Å². The molecule has 0 fully saturated rings. The minimum Gasteiger partial charge on any atom is -0.384 e. The van der Waals surface area contributed by atoms with E-state index in [0.717, 1.165) is 16.8 Å². The highest BCUT2D eigenvalue weighted by molar-refractivity contribution is 9.10. The molecule has 0 saturated carbocycles. The van der Waals surface area contributed by atoms with Crippen LogP contribution in [0.2, 0.25) is 0 Å². The van der Waals surface area contributed by atoms with Crippen molar-refractivity contribution in [2.45, 2.75) is 13.1 Å². The number of nitrogen functional groups attached to an aromatic ring is 1. The highest BCUT2D eigenvalue weighted by atomic mass is 79.9. The van der Waals surface area contributed by atoms with Crippen molar-refractivity contribution in [3.05, 3.63) is 52.4 Å². The Balaban J connectivity index is 1.98. The second kappa shape index (κ2) is 5.93. The fourth-order valence-corrected chi connectivity index (χ4v) is 2.18. The Labute approximate surface area is 115 Å². The van der Waals surface area contributed by atoms with E-state index in [0.29, 0.717) is 12.4 Å². The molecule has 2 rings (SSSR count). The molecule has 1 aromatic heterocycles. The van der Waals surface area contributed by atoms with Gasteiger partial charge in [0.1, 0.15) is 11.6 Å². The van der Waals surface area contributed by atoms with Gasteiger partial charge in [-0.2, -0.15) is 0 Å². The van der Waals surface area contributed by atoms with Crippen LogP contribution in [0, 0.1) is 0 Å². The molecule has 0 aliphatic heterocycles. The molecule has 0 amide bonds. The lowest BCUT2D eigenvalue weighted by Gasteiger charge is -2.15. The van der Waals surface area contributed by atoms with Crippen molar-refractivity contribution in [3.63, 3.8) is 0 Å². The van der Waals surface area contributed by atoms with Crippen LogP contribution < -0.4 is 5.73 Å². The van der Waals surface area contributed by atoms with Gasteiger partial charge in [-0.1, -0.05) is 28.1 Å². The molecule has 1 aromatic carbocycles. The summed E-state index contributed by atoms with van der Waals surface area (Å²) >= 11 is 3.47. The predicted octanol–water partition coefficient (Wildman–Crippen LogP) is 2.45. The second-order valence-electron chi connectivity index (χ2n) is 4.20. The van der Waals surface area contributed by atoms with Crippen LogP contribution >= 0.6 is 15.9 Å². The Kier molecular flexibility index (Phi) is 4.28. The molecular formula is C13H15BrN4. The Bertz CT molecular complexity index is 482. The minimum absolute atomic E-state index is 0.510. The number of rotatable bonds is 4. The van der Waals surface area contributed by atoms with E-state index in [9.17, 15) is 0 Å². The highest BCUT2D eigenvalue weighted by Gasteiger charge is 2.04. The lowest BCUT2D eigenvalue weighted by atomic mass is 10.2. The summed E-state index contributed by atoms with van der Waals surface area (Å²) in [6, 6.07) is 9.95. The SMILES string of the molecule is CN(Cc1cccc(Br)c1)Cc1nccc(N)n1. The van der Waals surface area contributed by atoms with E-state index in [2.05, 4.69) is 42.9 Å². The van der Waals surface area contributed by atoms with Crippen molar-refractivity contribution in [2.24, 2.45) is 0 Å². The van der Waals surface area contributed by atoms with E-state index in [-0.39, 0.29) is 0 Å². The summed E-state index contributed by atoms with van der Waals surface area (Å²) in [6.45, 7) is 1.52. The summed E-state index contributed by atoms with van der Waals surface area (Å²) in [5, 5.41) is 0. The maximum atomic E-state index is 5.63. The Morgan fingerprint density at radius 3 is 2.83 bits per heavy atom. The van der Waals surface area contributed by atoms with Gasteiger partial charge in [-0.15, -0.1) is 0 Å². The van der Waals surface area contributed by atoms with E-state index in [1.807, 2.05) is 19.2 Å². The number of anilines is 1. The third kappa shape index (κ3) is 3.78. The zero-order chi connectivity index (χ0) is 13.0. The maximum absolute atomic E-state index is 5.63.